The van der Waals surface area contributed by atoms with Gasteiger partial charge in [-0.05, 0) is 18.6 Å². The largest absolute Gasteiger partial charge is 0.495 e. The van der Waals surface area contributed by atoms with Crippen LogP contribution in [0.1, 0.15) is 6.42 Å². The summed E-state index contributed by atoms with van der Waals surface area (Å²) in [5.41, 5.74) is 5.93. The van der Waals surface area contributed by atoms with Crippen LogP contribution in [0.4, 0.5) is 10.5 Å². The molecule has 0 heterocycles. The number of nitrogens with two attached hydrogens (primary N) is 1. The summed E-state index contributed by atoms with van der Waals surface area (Å²) in [7, 11) is 1.56. The molecule has 0 aliphatic rings. The molecule has 0 fully saturated rings. The van der Waals surface area contributed by atoms with Crippen molar-refractivity contribution in [2.45, 2.75) is 6.42 Å². The number of hydrogen-bond acceptors (Lipinski definition) is 4. The summed E-state index contributed by atoms with van der Waals surface area (Å²) in [6.45, 7) is 2.20. The zero-order valence-electron chi connectivity index (χ0n) is 11.1. The number of anilines is 1. The maximum absolute atomic E-state index is 11.6. The topological polar surface area (TPSA) is 85.6 Å². The molecule has 0 unspecified atom stereocenters. The first-order valence-electron chi connectivity index (χ1n) is 6.23. The number of amides is 2. The van der Waals surface area contributed by atoms with Crippen LogP contribution >= 0.6 is 0 Å². The highest BCUT2D eigenvalue weighted by atomic mass is 16.5. The summed E-state index contributed by atoms with van der Waals surface area (Å²) >= 11 is 0. The number of para-hydroxylation sites is 2. The fraction of sp³-hybridized carbons (Fsp3) is 0.462. The van der Waals surface area contributed by atoms with Crippen LogP contribution in [-0.2, 0) is 4.74 Å². The molecule has 2 amide bonds. The molecular formula is C13H21N3O3. The Labute approximate surface area is 113 Å². The molecule has 1 aromatic rings. The van der Waals surface area contributed by atoms with Gasteiger partial charge in [0.1, 0.15) is 5.75 Å². The smallest absolute Gasteiger partial charge is 0.319 e. The predicted molar refractivity (Wildman–Crippen MR) is 74.5 cm³/mol. The van der Waals surface area contributed by atoms with Crippen molar-refractivity contribution in [1.82, 2.24) is 5.32 Å². The summed E-state index contributed by atoms with van der Waals surface area (Å²) in [5.74, 6) is 0.629. The minimum Gasteiger partial charge on any atom is -0.495 e. The SMILES string of the molecule is COc1ccccc1NC(=O)NCCCOCCN. The van der Waals surface area contributed by atoms with Gasteiger partial charge in [0.15, 0.2) is 0 Å². The Morgan fingerprint density at radius 1 is 1.32 bits per heavy atom. The van der Waals surface area contributed by atoms with Crippen LogP contribution in [0, 0.1) is 0 Å². The van der Waals surface area contributed by atoms with E-state index >= 15 is 0 Å². The van der Waals surface area contributed by atoms with Crippen LogP contribution in [0.25, 0.3) is 0 Å². The quantitative estimate of drug-likeness (QED) is 0.617. The molecule has 0 atom stereocenters. The van der Waals surface area contributed by atoms with Gasteiger partial charge in [0.25, 0.3) is 0 Å². The second-order valence-electron chi connectivity index (χ2n) is 3.84. The third-order valence-electron chi connectivity index (χ3n) is 2.37. The molecule has 1 rings (SSSR count). The van der Waals surface area contributed by atoms with Crippen LogP contribution in [0.15, 0.2) is 24.3 Å². The molecule has 0 spiro atoms. The Hall–Kier alpha value is -1.79. The van der Waals surface area contributed by atoms with E-state index in [2.05, 4.69) is 10.6 Å². The first-order chi connectivity index (χ1) is 9.27. The molecule has 106 valence electrons. The van der Waals surface area contributed by atoms with Crippen molar-refractivity contribution in [1.29, 1.82) is 0 Å². The number of carbonyl (C=O) groups excluding carboxylic acids is 1. The third-order valence-corrected chi connectivity index (χ3v) is 2.37. The van der Waals surface area contributed by atoms with E-state index < -0.39 is 0 Å². The second kappa shape index (κ2) is 9.18. The first kappa shape index (κ1) is 15.3. The third kappa shape index (κ3) is 6.08. The zero-order chi connectivity index (χ0) is 13.9. The molecule has 0 saturated heterocycles. The number of benzene rings is 1. The predicted octanol–water partition coefficient (Wildman–Crippen LogP) is 1.18. The lowest BCUT2D eigenvalue weighted by molar-refractivity contribution is 0.139. The van der Waals surface area contributed by atoms with Crippen LogP contribution < -0.4 is 21.1 Å². The number of hydrogen-bond donors (Lipinski definition) is 3. The molecule has 19 heavy (non-hydrogen) atoms. The van der Waals surface area contributed by atoms with Gasteiger partial charge in [-0.3, -0.25) is 0 Å². The number of nitrogens with one attached hydrogen (secondary N) is 2. The summed E-state index contributed by atoms with van der Waals surface area (Å²) in [4.78, 5) is 11.6. The summed E-state index contributed by atoms with van der Waals surface area (Å²) < 4.78 is 10.3. The van der Waals surface area contributed by atoms with Gasteiger partial charge in [-0.15, -0.1) is 0 Å². The standard InChI is InChI=1S/C13H21N3O3/c1-18-12-6-3-2-5-11(12)16-13(17)15-8-4-9-19-10-7-14/h2-3,5-6H,4,7-10,14H2,1H3,(H2,15,16,17). The Morgan fingerprint density at radius 2 is 2.11 bits per heavy atom. The van der Waals surface area contributed by atoms with E-state index in [0.29, 0.717) is 37.7 Å². The monoisotopic (exact) mass is 267 g/mol. The van der Waals surface area contributed by atoms with E-state index in [9.17, 15) is 4.79 Å². The Bertz CT molecular complexity index is 385. The minimum atomic E-state index is -0.261. The maximum Gasteiger partial charge on any atom is 0.319 e. The summed E-state index contributed by atoms with van der Waals surface area (Å²) in [5, 5.41) is 5.47. The van der Waals surface area contributed by atoms with Crippen LogP contribution in [-0.4, -0.2) is 39.4 Å². The lowest BCUT2D eigenvalue weighted by Crippen LogP contribution is -2.30. The molecule has 0 aliphatic carbocycles. The molecule has 1 aromatic carbocycles. The Kier molecular flexibility index (Phi) is 7.38. The lowest BCUT2D eigenvalue weighted by atomic mass is 10.3. The van der Waals surface area contributed by atoms with Gasteiger partial charge >= 0.3 is 6.03 Å². The highest BCUT2D eigenvalue weighted by molar-refractivity contribution is 5.90. The average molecular weight is 267 g/mol. The highest BCUT2D eigenvalue weighted by Crippen LogP contribution is 2.22. The molecular weight excluding hydrogens is 246 g/mol. The van der Waals surface area contributed by atoms with Gasteiger partial charge in [-0.25, -0.2) is 4.79 Å². The lowest BCUT2D eigenvalue weighted by Gasteiger charge is -2.10. The summed E-state index contributed by atoms with van der Waals surface area (Å²) in [6.07, 6.45) is 0.749. The normalized spacial score (nSPS) is 10.0. The highest BCUT2D eigenvalue weighted by Gasteiger charge is 2.05. The van der Waals surface area contributed by atoms with E-state index in [1.807, 2.05) is 12.1 Å². The van der Waals surface area contributed by atoms with Crippen molar-refractivity contribution in [3.8, 4) is 5.75 Å². The fourth-order valence-electron chi connectivity index (χ4n) is 1.48. The van der Waals surface area contributed by atoms with Crippen molar-refractivity contribution in [2.24, 2.45) is 5.73 Å². The molecule has 0 bridgehead atoms. The van der Waals surface area contributed by atoms with Gasteiger partial charge in [-0.2, -0.15) is 0 Å². The van der Waals surface area contributed by atoms with Gasteiger partial charge in [-0.1, -0.05) is 12.1 Å². The Morgan fingerprint density at radius 3 is 2.84 bits per heavy atom. The molecule has 6 nitrogen and oxygen atoms in total. The number of carbonyl (C=O) groups is 1. The van der Waals surface area contributed by atoms with Crippen molar-refractivity contribution < 1.29 is 14.3 Å². The fourth-order valence-corrected chi connectivity index (χ4v) is 1.48. The molecule has 0 aromatic heterocycles. The molecule has 0 radical (unpaired) electrons. The molecule has 4 N–H and O–H groups in total. The van der Waals surface area contributed by atoms with Gasteiger partial charge in [0.05, 0.1) is 19.4 Å². The molecule has 0 saturated carbocycles. The summed E-state index contributed by atoms with van der Waals surface area (Å²) in [6, 6.07) is 6.98. The Balaban J connectivity index is 2.23. The molecule has 0 aliphatic heterocycles. The maximum atomic E-state index is 11.6. The second-order valence-corrected chi connectivity index (χ2v) is 3.84. The number of ether oxygens (including phenoxy) is 2. The first-order valence-corrected chi connectivity index (χ1v) is 6.23. The molecule has 6 heteroatoms. The van der Waals surface area contributed by atoms with E-state index in [1.54, 1.807) is 19.2 Å². The van der Waals surface area contributed by atoms with Crippen LogP contribution in [0.2, 0.25) is 0 Å². The van der Waals surface area contributed by atoms with Crippen molar-refractivity contribution >= 4 is 11.7 Å². The van der Waals surface area contributed by atoms with Crippen molar-refractivity contribution in [2.75, 3.05) is 38.7 Å². The van der Waals surface area contributed by atoms with E-state index in [0.717, 1.165) is 6.42 Å². The van der Waals surface area contributed by atoms with Gasteiger partial charge in [0, 0.05) is 19.7 Å². The average Bonchev–Trinajstić information content (AvgIpc) is 2.43. The van der Waals surface area contributed by atoms with E-state index in [1.165, 1.54) is 0 Å². The van der Waals surface area contributed by atoms with Crippen LogP contribution in [0.5, 0.6) is 5.75 Å². The minimum absolute atomic E-state index is 0.261. The van der Waals surface area contributed by atoms with E-state index in [-0.39, 0.29) is 6.03 Å². The van der Waals surface area contributed by atoms with Crippen LogP contribution in [0.3, 0.4) is 0 Å². The van der Waals surface area contributed by atoms with Crippen molar-refractivity contribution in [3.05, 3.63) is 24.3 Å². The number of methoxy groups -OCH3 is 1. The zero-order valence-corrected chi connectivity index (χ0v) is 11.1. The van der Waals surface area contributed by atoms with E-state index in [4.69, 9.17) is 15.2 Å². The van der Waals surface area contributed by atoms with Gasteiger partial charge < -0.3 is 25.8 Å². The van der Waals surface area contributed by atoms with Crippen molar-refractivity contribution in [3.63, 3.8) is 0 Å². The number of urea groups is 1. The van der Waals surface area contributed by atoms with Gasteiger partial charge in [0.2, 0.25) is 0 Å². The number of rotatable bonds is 8.